The largest absolute Gasteiger partial charge is 0.298 e. The minimum absolute atomic E-state index is 0.254. The van der Waals surface area contributed by atoms with Gasteiger partial charge in [0.2, 0.25) is 0 Å². The molecule has 2 heterocycles. The molecule has 2 aromatic heterocycles. The summed E-state index contributed by atoms with van der Waals surface area (Å²) in [6.45, 7) is 0. The Kier molecular flexibility index (Phi) is 3.32. The number of rotatable bonds is 2. The number of amides is 1. The van der Waals surface area contributed by atoms with Crippen LogP contribution in [0.25, 0.3) is 0 Å². The molecular weight excluding hydrogens is 311 g/mol. The lowest BCUT2D eigenvalue weighted by Gasteiger charge is -1.99. The zero-order valence-electron chi connectivity index (χ0n) is 9.13. The second-order valence-electron chi connectivity index (χ2n) is 3.93. The van der Waals surface area contributed by atoms with Crippen LogP contribution < -0.4 is 5.32 Å². The minimum Gasteiger partial charge on any atom is -0.298 e. The molecule has 0 fully saturated rings. The fourth-order valence-corrected chi connectivity index (χ4v) is 4.41. The SMILES string of the molecule is O=C(Nc1nc2c(s1)CCC2)c1cc(Cl)sc1Cl. The molecular formula is C11H8Cl2N2OS2. The standard InChI is InChI=1S/C11H8Cl2N2OS2/c12-8-4-5(9(13)18-8)10(16)15-11-14-6-2-1-3-7(6)17-11/h4H,1-3H2,(H,14,15,16). The highest BCUT2D eigenvalue weighted by Gasteiger charge is 2.20. The van der Waals surface area contributed by atoms with E-state index >= 15 is 0 Å². The number of thiophene rings is 1. The Labute approximate surface area is 122 Å². The average Bonchev–Trinajstić information content (AvgIpc) is 2.92. The number of nitrogens with one attached hydrogen (secondary N) is 1. The number of fused-ring (bicyclic) bond motifs is 1. The van der Waals surface area contributed by atoms with Gasteiger partial charge in [0.15, 0.2) is 5.13 Å². The van der Waals surface area contributed by atoms with Crippen LogP contribution in [0.5, 0.6) is 0 Å². The van der Waals surface area contributed by atoms with E-state index in [1.165, 1.54) is 16.2 Å². The van der Waals surface area contributed by atoms with Gasteiger partial charge in [0.1, 0.15) is 4.34 Å². The van der Waals surface area contributed by atoms with Gasteiger partial charge >= 0.3 is 0 Å². The first-order chi connectivity index (χ1) is 8.63. The summed E-state index contributed by atoms with van der Waals surface area (Å²) in [4.78, 5) is 17.7. The highest BCUT2D eigenvalue weighted by molar-refractivity contribution is 7.20. The Bertz CT molecular complexity index is 599. The maximum absolute atomic E-state index is 12.0. The van der Waals surface area contributed by atoms with E-state index in [0.29, 0.717) is 19.4 Å². The van der Waals surface area contributed by atoms with Gasteiger partial charge in [-0.3, -0.25) is 10.1 Å². The number of hydrogen-bond acceptors (Lipinski definition) is 4. The van der Waals surface area contributed by atoms with Crippen molar-refractivity contribution in [2.24, 2.45) is 0 Å². The number of thiazole rings is 1. The Morgan fingerprint density at radius 3 is 2.83 bits per heavy atom. The summed E-state index contributed by atoms with van der Waals surface area (Å²) in [6, 6.07) is 1.57. The Hall–Kier alpha value is -0.620. The van der Waals surface area contributed by atoms with Crippen molar-refractivity contribution in [3.8, 4) is 0 Å². The molecule has 0 saturated carbocycles. The van der Waals surface area contributed by atoms with Gasteiger partial charge in [-0.2, -0.15) is 0 Å². The van der Waals surface area contributed by atoms with E-state index in [0.717, 1.165) is 25.0 Å². The van der Waals surface area contributed by atoms with Crippen LogP contribution in [0.2, 0.25) is 8.67 Å². The van der Waals surface area contributed by atoms with Crippen LogP contribution in [0.1, 0.15) is 27.3 Å². The van der Waals surface area contributed by atoms with Gasteiger partial charge in [-0.1, -0.05) is 23.2 Å². The molecule has 0 aromatic carbocycles. The molecule has 2 aromatic rings. The van der Waals surface area contributed by atoms with Crippen molar-refractivity contribution in [1.29, 1.82) is 0 Å². The van der Waals surface area contributed by atoms with Crippen LogP contribution >= 0.6 is 45.9 Å². The molecule has 0 radical (unpaired) electrons. The molecule has 0 unspecified atom stereocenters. The number of hydrogen-bond donors (Lipinski definition) is 1. The monoisotopic (exact) mass is 318 g/mol. The molecule has 18 heavy (non-hydrogen) atoms. The van der Waals surface area contributed by atoms with E-state index in [2.05, 4.69) is 10.3 Å². The lowest BCUT2D eigenvalue weighted by Crippen LogP contribution is -2.11. The molecule has 3 nitrogen and oxygen atoms in total. The zero-order valence-corrected chi connectivity index (χ0v) is 12.3. The average molecular weight is 319 g/mol. The van der Waals surface area contributed by atoms with Gasteiger partial charge in [-0.25, -0.2) is 4.98 Å². The first-order valence-electron chi connectivity index (χ1n) is 5.38. The molecule has 7 heteroatoms. The van der Waals surface area contributed by atoms with Gasteiger partial charge < -0.3 is 0 Å². The molecule has 1 aliphatic carbocycles. The molecule has 0 saturated heterocycles. The summed E-state index contributed by atoms with van der Waals surface area (Å²) < 4.78 is 0.911. The topological polar surface area (TPSA) is 42.0 Å². The smallest absolute Gasteiger partial charge is 0.259 e. The van der Waals surface area contributed by atoms with Gasteiger partial charge in [0.25, 0.3) is 5.91 Å². The van der Waals surface area contributed by atoms with E-state index in [9.17, 15) is 4.79 Å². The second-order valence-corrected chi connectivity index (χ2v) is 7.30. The third-order valence-electron chi connectivity index (χ3n) is 2.72. The molecule has 0 spiro atoms. The fourth-order valence-electron chi connectivity index (χ4n) is 1.90. The van der Waals surface area contributed by atoms with Crippen LogP contribution in [-0.2, 0) is 12.8 Å². The van der Waals surface area contributed by atoms with Crippen LogP contribution in [0.3, 0.4) is 0 Å². The van der Waals surface area contributed by atoms with Crippen molar-refractivity contribution in [1.82, 2.24) is 4.98 Å². The predicted octanol–water partition coefficient (Wildman–Crippen LogP) is 4.25. The van der Waals surface area contributed by atoms with Gasteiger partial charge in [-0.15, -0.1) is 22.7 Å². The third kappa shape index (κ3) is 2.28. The van der Waals surface area contributed by atoms with Crippen molar-refractivity contribution in [3.63, 3.8) is 0 Å². The first-order valence-corrected chi connectivity index (χ1v) is 7.77. The van der Waals surface area contributed by atoms with Crippen molar-refractivity contribution < 1.29 is 4.79 Å². The highest BCUT2D eigenvalue weighted by atomic mass is 35.5. The Balaban J connectivity index is 1.79. The molecule has 0 bridgehead atoms. The van der Waals surface area contributed by atoms with Gasteiger partial charge in [0.05, 0.1) is 15.6 Å². The summed E-state index contributed by atoms with van der Waals surface area (Å²) in [6.07, 6.45) is 3.23. The number of anilines is 1. The highest BCUT2D eigenvalue weighted by Crippen LogP contribution is 2.33. The van der Waals surface area contributed by atoms with E-state index in [1.54, 1.807) is 17.4 Å². The Morgan fingerprint density at radius 2 is 2.17 bits per heavy atom. The van der Waals surface area contributed by atoms with Crippen LogP contribution in [0.15, 0.2) is 6.07 Å². The third-order valence-corrected chi connectivity index (χ3v) is 5.28. The van der Waals surface area contributed by atoms with Crippen LogP contribution in [0, 0.1) is 0 Å². The van der Waals surface area contributed by atoms with Crippen LogP contribution in [-0.4, -0.2) is 10.9 Å². The normalized spacial score (nSPS) is 13.7. The van der Waals surface area contributed by atoms with Crippen molar-refractivity contribution in [2.75, 3.05) is 5.32 Å². The molecule has 94 valence electrons. The number of aromatic nitrogens is 1. The molecule has 3 rings (SSSR count). The summed E-state index contributed by atoms with van der Waals surface area (Å²) in [5.41, 5.74) is 1.52. The number of carbonyl (C=O) groups excluding carboxylic acids is 1. The minimum atomic E-state index is -0.254. The molecule has 0 aliphatic heterocycles. The molecule has 1 aliphatic rings. The second kappa shape index (κ2) is 4.81. The number of aryl methyl sites for hydroxylation is 2. The van der Waals surface area contributed by atoms with E-state index in [-0.39, 0.29) is 5.91 Å². The van der Waals surface area contributed by atoms with Gasteiger partial charge in [0, 0.05) is 4.88 Å². The maximum Gasteiger partial charge on any atom is 0.259 e. The molecule has 1 N–H and O–H groups in total. The number of halogens is 2. The van der Waals surface area contributed by atoms with Crippen molar-refractivity contribution in [3.05, 3.63) is 30.9 Å². The summed E-state index contributed by atoms with van der Waals surface area (Å²) in [5.74, 6) is -0.254. The summed E-state index contributed by atoms with van der Waals surface area (Å²) in [7, 11) is 0. The van der Waals surface area contributed by atoms with E-state index in [1.807, 2.05) is 0 Å². The lowest BCUT2D eigenvalue weighted by molar-refractivity contribution is 0.102. The van der Waals surface area contributed by atoms with E-state index < -0.39 is 0 Å². The summed E-state index contributed by atoms with van der Waals surface area (Å²) in [5, 5.41) is 3.42. The van der Waals surface area contributed by atoms with Crippen LogP contribution in [0.4, 0.5) is 5.13 Å². The predicted molar refractivity (Wildman–Crippen MR) is 76.4 cm³/mol. The molecule has 0 atom stereocenters. The van der Waals surface area contributed by atoms with Crippen molar-refractivity contribution in [2.45, 2.75) is 19.3 Å². The lowest BCUT2D eigenvalue weighted by atomic mass is 10.3. The first kappa shape index (κ1) is 12.4. The maximum atomic E-state index is 12.0. The number of nitrogens with zero attached hydrogens (tertiary/aromatic N) is 1. The molecule has 1 amide bonds. The number of carbonyl (C=O) groups is 1. The fraction of sp³-hybridized carbons (Fsp3) is 0.273. The van der Waals surface area contributed by atoms with E-state index in [4.69, 9.17) is 23.2 Å². The quantitative estimate of drug-likeness (QED) is 0.899. The van der Waals surface area contributed by atoms with Gasteiger partial charge in [-0.05, 0) is 25.3 Å². The van der Waals surface area contributed by atoms with Crippen molar-refractivity contribution >= 4 is 56.9 Å². The zero-order chi connectivity index (χ0) is 12.7. The summed E-state index contributed by atoms with van der Waals surface area (Å²) >= 11 is 14.5. The Morgan fingerprint density at radius 1 is 1.33 bits per heavy atom.